The number of rotatable bonds is 4. The third-order valence-corrected chi connectivity index (χ3v) is 11.0. The Kier molecular flexibility index (Phi) is 5.85. The van der Waals surface area contributed by atoms with Gasteiger partial charge in [0, 0.05) is 62.6 Å². The molecule has 0 aliphatic rings. The molecule has 6 aromatic carbocycles. The number of fused-ring (bicyclic) bond motifs is 7. The van der Waals surface area contributed by atoms with E-state index >= 15 is 0 Å². The summed E-state index contributed by atoms with van der Waals surface area (Å²) in [4.78, 5) is 23.9. The summed E-state index contributed by atoms with van der Waals surface area (Å²) in [6.45, 7) is 0. The second-order valence-electron chi connectivity index (χ2n) is 11.5. The Morgan fingerprint density at radius 1 is 0.426 bits per heavy atom. The summed E-state index contributed by atoms with van der Waals surface area (Å²) in [7, 11) is 0. The van der Waals surface area contributed by atoms with Gasteiger partial charge in [0.1, 0.15) is 5.82 Å². The van der Waals surface area contributed by atoms with Crippen LogP contribution >= 0.6 is 22.7 Å². The zero-order valence-electron chi connectivity index (χ0n) is 24.8. The molecule has 10 rings (SSSR count). The standard InChI is InChI=1S/C40H23N5S2/c1-2-10-23(11-3-1)37-43-38(24-20-21-26-25-12-4-7-17-31(25)46-34(26)22-24)45-40(44-37)28-14-9-19-33-36(28)35-27(13-8-18-32(35)47-33)39-41-29-15-5-6-16-30(29)42-39/h1-22H,(H,41,42). The first-order chi connectivity index (χ1) is 23.3. The van der Waals surface area contributed by atoms with Crippen molar-refractivity contribution in [3.63, 3.8) is 0 Å². The summed E-state index contributed by atoms with van der Waals surface area (Å²) in [5, 5.41) is 4.80. The van der Waals surface area contributed by atoms with E-state index in [1.807, 2.05) is 36.4 Å². The van der Waals surface area contributed by atoms with Crippen LogP contribution in [-0.2, 0) is 0 Å². The highest BCUT2D eigenvalue weighted by molar-refractivity contribution is 7.26. The Labute approximate surface area is 276 Å². The van der Waals surface area contributed by atoms with Crippen LogP contribution in [0.2, 0.25) is 0 Å². The van der Waals surface area contributed by atoms with Gasteiger partial charge in [-0.05, 0) is 36.4 Å². The van der Waals surface area contributed by atoms with Crippen molar-refractivity contribution in [1.82, 2.24) is 24.9 Å². The first kappa shape index (κ1) is 26.5. The smallest absolute Gasteiger partial charge is 0.164 e. The van der Waals surface area contributed by atoms with Gasteiger partial charge in [0.15, 0.2) is 17.5 Å². The Bertz CT molecular complexity index is 2780. The van der Waals surface area contributed by atoms with Gasteiger partial charge in [-0.25, -0.2) is 19.9 Å². The molecular formula is C40H23N5S2. The number of aromatic nitrogens is 5. The van der Waals surface area contributed by atoms with E-state index < -0.39 is 0 Å². The molecule has 0 amide bonds. The SMILES string of the molecule is c1ccc(-c2nc(-c3ccc4c(c3)sc3ccccc34)nc(-c3cccc4sc5cccc(-c6nc7ccccc7[nH]6)c5c34)n2)cc1. The van der Waals surface area contributed by atoms with E-state index in [1.54, 1.807) is 22.7 Å². The minimum atomic E-state index is 0.648. The molecule has 0 aliphatic heterocycles. The molecule has 4 heterocycles. The van der Waals surface area contributed by atoms with Gasteiger partial charge in [0.2, 0.25) is 0 Å². The lowest BCUT2D eigenvalue weighted by Gasteiger charge is -2.10. The van der Waals surface area contributed by atoms with Gasteiger partial charge in [-0.15, -0.1) is 22.7 Å². The maximum absolute atomic E-state index is 5.20. The monoisotopic (exact) mass is 637 g/mol. The Morgan fingerprint density at radius 3 is 1.91 bits per heavy atom. The third-order valence-electron chi connectivity index (χ3n) is 8.71. The summed E-state index contributed by atoms with van der Waals surface area (Å²) in [5.74, 6) is 2.80. The summed E-state index contributed by atoms with van der Waals surface area (Å²) >= 11 is 3.58. The molecular weight excluding hydrogens is 615 g/mol. The van der Waals surface area contributed by atoms with Crippen LogP contribution in [-0.4, -0.2) is 24.9 Å². The van der Waals surface area contributed by atoms with Crippen LogP contribution in [0.1, 0.15) is 0 Å². The summed E-state index contributed by atoms with van der Waals surface area (Å²) < 4.78 is 4.86. The number of imidazole rings is 1. The lowest BCUT2D eigenvalue weighted by molar-refractivity contribution is 1.08. The molecule has 0 atom stereocenters. The zero-order valence-corrected chi connectivity index (χ0v) is 26.4. The molecule has 1 N–H and O–H groups in total. The highest BCUT2D eigenvalue weighted by Gasteiger charge is 2.20. The molecule has 0 spiro atoms. The number of benzene rings is 6. The summed E-state index contributed by atoms with van der Waals surface area (Å²) in [5.41, 5.74) is 5.92. The van der Waals surface area contributed by atoms with Crippen molar-refractivity contribution >= 4 is 74.1 Å². The van der Waals surface area contributed by atoms with E-state index in [0.717, 1.165) is 49.9 Å². The average Bonchev–Trinajstić information content (AvgIpc) is 3.84. The van der Waals surface area contributed by atoms with Gasteiger partial charge in [-0.1, -0.05) is 97.1 Å². The molecule has 0 radical (unpaired) electrons. The van der Waals surface area contributed by atoms with Crippen LogP contribution in [0, 0.1) is 0 Å². The quantitative estimate of drug-likeness (QED) is 0.208. The fourth-order valence-electron chi connectivity index (χ4n) is 6.54. The van der Waals surface area contributed by atoms with E-state index in [4.69, 9.17) is 19.9 Å². The number of thiophene rings is 2. The molecule has 10 aromatic rings. The van der Waals surface area contributed by atoms with Crippen LogP contribution in [0.3, 0.4) is 0 Å². The largest absolute Gasteiger partial charge is 0.338 e. The van der Waals surface area contributed by atoms with Crippen LogP contribution in [0.15, 0.2) is 133 Å². The second kappa shape index (κ2) is 10.4. The highest BCUT2D eigenvalue weighted by Crippen LogP contribution is 2.44. The van der Waals surface area contributed by atoms with E-state index in [2.05, 4.69) is 102 Å². The zero-order chi connectivity index (χ0) is 30.9. The molecule has 7 heteroatoms. The van der Waals surface area contributed by atoms with Crippen molar-refractivity contribution in [2.24, 2.45) is 0 Å². The van der Waals surface area contributed by atoms with Crippen molar-refractivity contribution in [2.75, 3.05) is 0 Å². The molecule has 0 aliphatic carbocycles. The summed E-state index contributed by atoms with van der Waals surface area (Å²) in [6, 6.07) is 46.3. The van der Waals surface area contributed by atoms with Crippen molar-refractivity contribution in [3.05, 3.63) is 133 Å². The van der Waals surface area contributed by atoms with Crippen molar-refractivity contribution in [1.29, 1.82) is 0 Å². The molecule has 0 saturated carbocycles. The van der Waals surface area contributed by atoms with Crippen molar-refractivity contribution in [3.8, 4) is 45.6 Å². The van der Waals surface area contributed by atoms with E-state index in [-0.39, 0.29) is 0 Å². The predicted molar refractivity (Wildman–Crippen MR) is 197 cm³/mol. The second-order valence-corrected chi connectivity index (χ2v) is 13.7. The van der Waals surface area contributed by atoms with Gasteiger partial charge >= 0.3 is 0 Å². The fourth-order valence-corrected chi connectivity index (χ4v) is 8.84. The fraction of sp³-hybridized carbons (Fsp3) is 0. The minimum Gasteiger partial charge on any atom is -0.338 e. The lowest BCUT2D eigenvalue weighted by Crippen LogP contribution is -2.00. The third kappa shape index (κ3) is 4.28. The van der Waals surface area contributed by atoms with Crippen LogP contribution in [0.5, 0.6) is 0 Å². The first-order valence-corrected chi connectivity index (χ1v) is 17.0. The summed E-state index contributed by atoms with van der Waals surface area (Å²) in [6.07, 6.45) is 0. The molecule has 47 heavy (non-hydrogen) atoms. The molecule has 0 saturated heterocycles. The van der Waals surface area contributed by atoms with Gasteiger partial charge in [-0.3, -0.25) is 0 Å². The topological polar surface area (TPSA) is 67.3 Å². The minimum absolute atomic E-state index is 0.648. The normalized spacial score (nSPS) is 11.8. The van der Waals surface area contributed by atoms with Crippen molar-refractivity contribution in [2.45, 2.75) is 0 Å². The van der Waals surface area contributed by atoms with Crippen molar-refractivity contribution < 1.29 is 0 Å². The highest BCUT2D eigenvalue weighted by atomic mass is 32.1. The molecule has 0 bridgehead atoms. The van der Waals surface area contributed by atoms with Gasteiger partial charge in [-0.2, -0.15) is 0 Å². The number of para-hydroxylation sites is 2. The maximum atomic E-state index is 5.20. The Hall–Kier alpha value is -5.76. The number of H-pyrrole nitrogens is 1. The Morgan fingerprint density at radius 2 is 1.06 bits per heavy atom. The Balaban J connectivity index is 1.23. The number of nitrogens with one attached hydrogen (secondary N) is 1. The number of aromatic amines is 1. The van der Waals surface area contributed by atoms with Crippen LogP contribution < -0.4 is 0 Å². The molecule has 220 valence electrons. The van der Waals surface area contributed by atoms with E-state index in [1.165, 1.54) is 29.6 Å². The van der Waals surface area contributed by atoms with E-state index in [9.17, 15) is 0 Å². The molecule has 4 aromatic heterocycles. The van der Waals surface area contributed by atoms with Crippen LogP contribution in [0.4, 0.5) is 0 Å². The average molecular weight is 638 g/mol. The van der Waals surface area contributed by atoms with Crippen LogP contribution in [0.25, 0.3) is 96.9 Å². The number of hydrogen-bond donors (Lipinski definition) is 1. The molecule has 5 nitrogen and oxygen atoms in total. The molecule has 0 fully saturated rings. The van der Waals surface area contributed by atoms with Gasteiger partial charge < -0.3 is 4.98 Å². The van der Waals surface area contributed by atoms with Gasteiger partial charge in [0.05, 0.1) is 11.0 Å². The predicted octanol–water partition coefficient (Wildman–Crippen LogP) is 11.2. The number of nitrogens with zero attached hydrogens (tertiary/aromatic N) is 4. The first-order valence-electron chi connectivity index (χ1n) is 15.4. The molecule has 0 unspecified atom stereocenters. The van der Waals surface area contributed by atoms with E-state index in [0.29, 0.717) is 17.5 Å². The maximum Gasteiger partial charge on any atom is 0.164 e. The van der Waals surface area contributed by atoms with Gasteiger partial charge in [0.25, 0.3) is 0 Å². The number of hydrogen-bond acceptors (Lipinski definition) is 6. The lowest BCUT2D eigenvalue weighted by atomic mass is 10.0.